The summed E-state index contributed by atoms with van der Waals surface area (Å²) >= 11 is 5.85. The van der Waals surface area contributed by atoms with Gasteiger partial charge in [0.1, 0.15) is 17.4 Å². The fourth-order valence-electron chi connectivity index (χ4n) is 1.87. The molecule has 0 aliphatic carbocycles. The van der Waals surface area contributed by atoms with E-state index in [0.717, 1.165) is 16.9 Å². The van der Waals surface area contributed by atoms with Crippen LogP contribution in [0.25, 0.3) is 22.4 Å². The first-order valence-corrected chi connectivity index (χ1v) is 5.80. The van der Waals surface area contributed by atoms with Gasteiger partial charge in [-0.05, 0) is 36.4 Å². The molecule has 1 N–H and O–H groups in total. The second-order valence-corrected chi connectivity index (χ2v) is 4.34. The molecule has 18 heavy (non-hydrogen) atoms. The highest BCUT2D eigenvalue weighted by Gasteiger charge is 2.08. The monoisotopic (exact) mass is 253 g/mol. The highest BCUT2D eigenvalue weighted by atomic mass is 35.5. The third kappa shape index (κ3) is 1.73. The summed E-state index contributed by atoms with van der Waals surface area (Å²) in [5.74, 6) is 0.740. The third-order valence-corrected chi connectivity index (χ3v) is 3.00. The molecule has 1 aromatic heterocycles. The molecule has 0 saturated carbocycles. The van der Waals surface area contributed by atoms with Crippen molar-refractivity contribution in [2.45, 2.75) is 0 Å². The second kappa shape index (κ2) is 4.17. The standard InChI is InChI=1S/C14H8ClN3/c15-11-6-4-9(5-7-11)14-17-12-3-1-2-10(8-16)13(12)18-14/h1-7H,(H,17,18). The highest BCUT2D eigenvalue weighted by Crippen LogP contribution is 2.23. The summed E-state index contributed by atoms with van der Waals surface area (Å²) < 4.78 is 0. The molecule has 0 aliphatic rings. The van der Waals surface area contributed by atoms with Gasteiger partial charge in [0.15, 0.2) is 0 Å². The maximum atomic E-state index is 9.03. The second-order valence-electron chi connectivity index (χ2n) is 3.91. The fraction of sp³-hybridized carbons (Fsp3) is 0. The van der Waals surface area contributed by atoms with Crippen LogP contribution in [0, 0.1) is 11.3 Å². The van der Waals surface area contributed by atoms with Gasteiger partial charge >= 0.3 is 0 Å². The van der Waals surface area contributed by atoms with Crippen LogP contribution >= 0.6 is 11.6 Å². The average molecular weight is 254 g/mol. The van der Waals surface area contributed by atoms with Crippen LogP contribution in [-0.2, 0) is 0 Å². The van der Waals surface area contributed by atoms with Gasteiger partial charge in [0.05, 0.1) is 11.1 Å². The molecule has 0 spiro atoms. The van der Waals surface area contributed by atoms with Crippen LogP contribution in [0.5, 0.6) is 0 Å². The van der Waals surface area contributed by atoms with E-state index in [4.69, 9.17) is 16.9 Å². The number of H-pyrrole nitrogens is 1. The zero-order valence-corrected chi connectivity index (χ0v) is 10.1. The molecule has 3 nitrogen and oxygen atoms in total. The molecule has 4 heteroatoms. The molecule has 3 rings (SSSR count). The number of nitrogens with zero attached hydrogens (tertiary/aromatic N) is 2. The number of hydrogen-bond donors (Lipinski definition) is 1. The Morgan fingerprint density at radius 2 is 1.89 bits per heavy atom. The summed E-state index contributed by atoms with van der Waals surface area (Å²) in [6.45, 7) is 0. The average Bonchev–Trinajstić information content (AvgIpc) is 2.83. The number of halogens is 1. The molecule has 0 unspecified atom stereocenters. The molecule has 0 fully saturated rings. The summed E-state index contributed by atoms with van der Waals surface area (Å²) in [6.07, 6.45) is 0. The van der Waals surface area contributed by atoms with Gasteiger partial charge in [-0.25, -0.2) is 4.98 Å². The smallest absolute Gasteiger partial charge is 0.138 e. The van der Waals surface area contributed by atoms with Gasteiger partial charge in [-0.1, -0.05) is 17.7 Å². The maximum absolute atomic E-state index is 9.03. The van der Waals surface area contributed by atoms with Crippen LogP contribution in [0.3, 0.4) is 0 Å². The van der Waals surface area contributed by atoms with Crippen LogP contribution in [0.1, 0.15) is 5.56 Å². The van der Waals surface area contributed by atoms with Gasteiger partial charge in [0, 0.05) is 10.6 Å². The molecule has 1 heterocycles. The quantitative estimate of drug-likeness (QED) is 0.718. The number of benzene rings is 2. The van der Waals surface area contributed by atoms with Crippen LogP contribution in [0.2, 0.25) is 5.02 Å². The Hall–Kier alpha value is -2.31. The first-order chi connectivity index (χ1) is 8.78. The number of aromatic nitrogens is 2. The van der Waals surface area contributed by atoms with E-state index in [9.17, 15) is 0 Å². The van der Waals surface area contributed by atoms with E-state index < -0.39 is 0 Å². The Kier molecular flexibility index (Phi) is 2.51. The number of para-hydroxylation sites is 1. The molecule has 0 saturated heterocycles. The van der Waals surface area contributed by atoms with E-state index in [-0.39, 0.29) is 0 Å². The Labute approximate surface area is 109 Å². The minimum Gasteiger partial charge on any atom is -0.338 e. The summed E-state index contributed by atoms with van der Waals surface area (Å²) in [6, 6.07) is 15.1. The molecular weight excluding hydrogens is 246 g/mol. The predicted molar refractivity (Wildman–Crippen MR) is 71.3 cm³/mol. The van der Waals surface area contributed by atoms with Gasteiger partial charge in [0.25, 0.3) is 0 Å². The van der Waals surface area contributed by atoms with Crippen molar-refractivity contribution in [2.24, 2.45) is 0 Å². The van der Waals surface area contributed by atoms with Crippen LogP contribution in [0.15, 0.2) is 42.5 Å². The van der Waals surface area contributed by atoms with E-state index in [1.54, 1.807) is 6.07 Å². The van der Waals surface area contributed by atoms with Crippen molar-refractivity contribution in [3.63, 3.8) is 0 Å². The lowest BCUT2D eigenvalue weighted by Crippen LogP contribution is -1.79. The van der Waals surface area contributed by atoms with Crippen molar-refractivity contribution in [1.82, 2.24) is 9.97 Å². The summed E-state index contributed by atoms with van der Waals surface area (Å²) in [4.78, 5) is 7.66. The molecule has 0 radical (unpaired) electrons. The zero-order valence-electron chi connectivity index (χ0n) is 9.31. The molecule has 0 aliphatic heterocycles. The van der Waals surface area contributed by atoms with E-state index in [1.165, 1.54) is 0 Å². The SMILES string of the molecule is N#Cc1cccc2[nH]c(-c3ccc(Cl)cc3)nc12. The molecular formula is C14H8ClN3. The Bertz CT molecular complexity index is 751. The summed E-state index contributed by atoms with van der Waals surface area (Å²) in [7, 11) is 0. The molecule has 2 aromatic carbocycles. The van der Waals surface area contributed by atoms with E-state index >= 15 is 0 Å². The van der Waals surface area contributed by atoms with Gasteiger partial charge in [-0.15, -0.1) is 0 Å². The minimum atomic E-state index is 0.573. The van der Waals surface area contributed by atoms with Crippen molar-refractivity contribution in [3.8, 4) is 17.5 Å². The Morgan fingerprint density at radius 3 is 2.61 bits per heavy atom. The lowest BCUT2D eigenvalue weighted by molar-refractivity contribution is 1.33. The zero-order chi connectivity index (χ0) is 12.5. The number of fused-ring (bicyclic) bond motifs is 1. The first kappa shape index (κ1) is 10.8. The maximum Gasteiger partial charge on any atom is 0.138 e. The molecule has 3 aromatic rings. The fourth-order valence-corrected chi connectivity index (χ4v) is 1.99. The van der Waals surface area contributed by atoms with Crippen molar-refractivity contribution < 1.29 is 0 Å². The molecule has 86 valence electrons. The lowest BCUT2D eigenvalue weighted by atomic mass is 10.2. The number of hydrogen-bond acceptors (Lipinski definition) is 2. The Balaban J connectivity index is 2.20. The van der Waals surface area contributed by atoms with Crippen molar-refractivity contribution in [3.05, 3.63) is 53.1 Å². The summed E-state index contributed by atoms with van der Waals surface area (Å²) in [5.41, 5.74) is 3.08. The first-order valence-electron chi connectivity index (χ1n) is 5.43. The van der Waals surface area contributed by atoms with Crippen molar-refractivity contribution >= 4 is 22.6 Å². The van der Waals surface area contributed by atoms with E-state index in [1.807, 2.05) is 36.4 Å². The van der Waals surface area contributed by atoms with Crippen molar-refractivity contribution in [2.75, 3.05) is 0 Å². The van der Waals surface area contributed by atoms with Crippen LogP contribution < -0.4 is 0 Å². The van der Waals surface area contributed by atoms with Gasteiger partial charge in [0.2, 0.25) is 0 Å². The van der Waals surface area contributed by atoms with E-state index in [0.29, 0.717) is 16.1 Å². The number of nitriles is 1. The molecule has 0 amide bonds. The van der Waals surface area contributed by atoms with Gasteiger partial charge < -0.3 is 4.98 Å². The predicted octanol–water partition coefficient (Wildman–Crippen LogP) is 3.75. The third-order valence-electron chi connectivity index (χ3n) is 2.75. The topological polar surface area (TPSA) is 52.5 Å². The number of rotatable bonds is 1. The lowest BCUT2D eigenvalue weighted by Gasteiger charge is -1.95. The number of aromatic amines is 1. The number of imidazole rings is 1. The van der Waals surface area contributed by atoms with Crippen LogP contribution in [-0.4, -0.2) is 9.97 Å². The normalized spacial score (nSPS) is 10.4. The van der Waals surface area contributed by atoms with Gasteiger partial charge in [-0.3, -0.25) is 0 Å². The van der Waals surface area contributed by atoms with Crippen molar-refractivity contribution in [1.29, 1.82) is 5.26 Å². The molecule has 0 bridgehead atoms. The summed E-state index contributed by atoms with van der Waals surface area (Å²) in [5, 5.41) is 9.72. The highest BCUT2D eigenvalue weighted by molar-refractivity contribution is 6.30. The van der Waals surface area contributed by atoms with Crippen LogP contribution in [0.4, 0.5) is 0 Å². The Morgan fingerprint density at radius 1 is 1.11 bits per heavy atom. The van der Waals surface area contributed by atoms with Gasteiger partial charge in [-0.2, -0.15) is 5.26 Å². The van der Waals surface area contributed by atoms with E-state index in [2.05, 4.69) is 16.0 Å². The largest absolute Gasteiger partial charge is 0.338 e. The number of nitrogens with one attached hydrogen (secondary N) is 1. The minimum absolute atomic E-state index is 0.573. The molecule has 0 atom stereocenters.